The molecule has 0 aliphatic heterocycles. The number of ether oxygens (including phenoxy) is 2. The van der Waals surface area contributed by atoms with E-state index in [0.29, 0.717) is 18.1 Å². The van der Waals surface area contributed by atoms with E-state index in [1.54, 1.807) is 13.2 Å². The number of aryl methyl sites for hydroxylation is 2. The van der Waals surface area contributed by atoms with Gasteiger partial charge in [0.05, 0.1) is 18.4 Å². The molecule has 0 unspecified atom stereocenters. The van der Waals surface area contributed by atoms with Crippen molar-refractivity contribution >= 4 is 12.0 Å². The Hall–Kier alpha value is -2.76. The fourth-order valence-electron chi connectivity index (χ4n) is 6.50. The SMILES string of the molecule is COc1cc(C=CC(=O)NC23CC4CC(CC(C4)C2)C3)ccc1OCc1c(C)noc1C. The van der Waals surface area contributed by atoms with Crippen LogP contribution in [0, 0.1) is 31.6 Å². The predicted octanol–water partition coefficient (Wildman–Crippen LogP) is 4.98. The van der Waals surface area contributed by atoms with Crippen LogP contribution in [0.2, 0.25) is 0 Å². The van der Waals surface area contributed by atoms with Crippen LogP contribution in [-0.2, 0) is 11.4 Å². The summed E-state index contributed by atoms with van der Waals surface area (Å²) in [6, 6.07) is 5.69. The van der Waals surface area contributed by atoms with Crippen molar-refractivity contribution in [2.75, 3.05) is 7.11 Å². The normalized spacial score (nSPS) is 28.3. The first-order valence-corrected chi connectivity index (χ1v) is 11.7. The highest BCUT2D eigenvalue weighted by atomic mass is 16.5. The van der Waals surface area contributed by atoms with Gasteiger partial charge in [-0.2, -0.15) is 0 Å². The molecular formula is C26H32N2O4. The Balaban J connectivity index is 1.23. The van der Waals surface area contributed by atoms with E-state index in [0.717, 1.165) is 59.6 Å². The molecule has 4 saturated carbocycles. The molecule has 0 radical (unpaired) electrons. The van der Waals surface area contributed by atoms with E-state index in [1.165, 1.54) is 19.3 Å². The maximum Gasteiger partial charge on any atom is 0.244 e. The minimum absolute atomic E-state index is 0.00431. The lowest BCUT2D eigenvalue weighted by Gasteiger charge is -2.56. The molecule has 32 heavy (non-hydrogen) atoms. The molecule has 4 bridgehead atoms. The van der Waals surface area contributed by atoms with Crippen molar-refractivity contribution in [2.24, 2.45) is 17.8 Å². The number of carbonyl (C=O) groups is 1. The van der Waals surface area contributed by atoms with Gasteiger partial charge in [-0.1, -0.05) is 11.2 Å². The highest BCUT2D eigenvalue weighted by Gasteiger charge is 2.51. The van der Waals surface area contributed by atoms with E-state index in [1.807, 2.05) is 38.1 Å². The molecule has 170 valence electrons. The molecular weight excluding hydrogens is 404 g/mol. The molecule has 1 heterocycles. The predicted molar refractivity (Wildman–Crippen MR) is 121 cm³/mol. The number of hydrogen-bond acceptors (Lipinski definition) is 5. The maximum atomic E-state index is 12.8. The minimum atomic E-state index is 0.00431. The summed E-state index contributed by atoms with van der Waals surface area (Å²) in [6.07, 6.45) is 11.1. The Morgan fingerprint density at radius 2 is 1.84 bits per heavy atom. The number of nitrogens with zero attached hydrogens (tertiary/aromatic N) is 1. The standard InChI is InChI=1S/C26H32N2O4/c1-16-22(17(2)32-28-16)15-31-23-6-4-18(11-24(23)30-3)5-7-25(29)27-26-12-19-8-20(13-26)10-21(9-19)14-26/h4-7,11,19-21H,8-10,12-15H2,1-3H3,(H,27,29). The largest absolute Gasteiger partial charge is 0.493 e. The van der Waals surface area contributed by atoms with E-state index in [-0.39, 0.29) is 11.4 Å². The zero-order chi connectivity index (χ0) is 22.3. The Morgan fingerprint density at radius 1 is 1.16 bits per heavy atom. The summed E-state index contributed by atoms with van der Waals surface area (Å²) in [5, 5.41) is 7.34. The van der Waals surface area contributed by atoms with Crippen molar-refractivity contribution in [3.8, 4) is 11.5 Å². The van der Waals surface area contributed by atoms with Crippen LogP contribution in [0.4, 0.5) is 0 Å². The summed E-state index contributed by atoms with van der Waals surface area (Å²) in [7, 11) is 1.62. The molecule has 6 heteroatoms. The number of amides is 1. The second-order valence-corrected chi connectivity index (χ2v) is 10.0. The van der Waals surface area contributed by atoms with Crippen LogP contribution in [0.15, 0.2) is 28.8 Å². The molecule has 1 aromatic carbocycles. The van der Waals surface area contributed by atoms with Crippen LogP contribution < -0.4 is 14.8 Å². The van der Waals surface area contributed by atoms with Gasteiger partial charge in [-0.25, -0.2) is 0 Å². The molecule has 0 saturated heterocycles. The third-order valence-electron chi connectivity index (χ3n) is 7.59. The number of carbonyl (C=O) groups excluding carboxylic acids is 1. The maximum absolute atomic E-state index is 12.8. The summed E-state index contributed by atoms with van der Waals surface area (Å²) in [5.41, 5.74) is 2.69. The van der Waals surface area contributed by atoms with Gasteiger partial charge >= 0.3 is 0 Å². The fraction of sp³-hybridized carbons (Fsp3) is 0.538. The number of aromatic nitrogens is 1. The fourth-order valence-corrected chi connectivity index (χ4v) is 6.50. The van der Waals surface area contributed by atoms with Crippen LogP contribution >= 0.6 is 0 Å². The van der Waals surface area contributed by atoms with E-state index in [9.17, 15) is 4.79 Å². The van der Waals surface area contributed by atoms with Gasteiger partial charge in [0.15, 0.2) is 11.5 Å². The van der Waals surface area contributed by atoms with Crippen LogP contribution in [0.25, 0.3) is 6.08 Å². The highest BCUT2D eigenvalue weighted by Crippen LogP contribution is 2.55. The third kappa shape index (κ3) is 4.15. The molecule has 4 fully saturated rings. The van der Waals surface area contributed by atoms with Crippen LogP contribution in [-0.4, -0.2) is 23.7 Å². The van der Waals surface area contributed by atoms with E-state index in [2.05, 4.69) is 10.5 Å². The van der Waals surface area contributed by atoms with Crippen LogP contribution in [0.5, 0.6) is 11.5 Å². The molecule has 1 aromatic heterocycles. The summed E-state index contributed by atoms with van der Waals surface area (Å²) < 4.78 is 16.7. The number of hydrogen-bond donors (Lipinski definition) is 1. The average Bonchev–Trinajstić information content (AvgIpc) is 3.07. The second-order valence-electron chi connectivity index (χ2n) is 10.0. The van der Waals surface area contributed by atoms with Gasteiger partial charge in [-0.3, -0.25) is 4.79 Å². The van der Waals surface area contributed by atoms with E-state index in [4.69, 9.17) is 14.0 Å². The highest BCUT2D eigenvalue weighted by molar-refractivity contribution is 5.92. The van der Waals surface area contributed by atoms with Gasteiger partial charge in [-0.05, 0) is 93.9 Å². The first-order chi connectivity index (χ1) is 15.4. The molecule has 6 rings (SSSR count). The lowest BCUT2D eigenvalue weighted by molar-refractivity contribution is -0.122. The van der Waals surface area contributed by atoms with Gasteiger partial charge in [0.25, 0.3) is 0 Å². The molecule has 0 atom stereocenters. The Labute approximate surface area is 189 Å². The summed E-state index contributed by atoms with van der Waals surface area (Å²) >= 11 is 0. The second kappa shape index (κ2) is 8.30. The number of methoxy groups -OCH3 is 1. The van der Waals surface area contributed by atoms with Crippen molar-refractivity contribution in [1.29, 1.82) is 0 Å². The lowest BCUT2D eigenvalue weighted by atomic mass is 9.53. The van der Waals surface area contributed by atoms with Crippen molar-refractivity contribution in [3.05, 3.63) is 46.9 Å². The molecule has 6 nitrogen and oxygen atoms in total. The van der Waals surface area contributed by atoms with Crippen molar-refractivity contribution in [3.63, 3.8) is 0 Å². The van der Waals surface area contributed by atoms with E-state index < -0.39 is 0 Å². The number of rotatable bonds is 7. The smallest absolute Gasteiger partial charge is 0.244 e. The lowest BCUT2D eigenvalue weighted by Crippen LogP contribution is -2.59. The molecule has 1 amide bonds. The number of benzene rings is 1. The van der Waals surface area contributed by atoms with Crippen molar-refractivity contribution in [2.45, 2.75) is 64.5 Å². The van der Waals surface area contributed by atoms with E-state index >= 15 is 0 Å². The van der Waals surface area contributed by atoms with Crippen molar-refractivity contribution in [1.82, 2.24) is 10.5 Å². The van der Waals surface area contributed by atoms with Gasteiger partial charge in [0.1, 0.15) is 12.4 Å². The summed E-state index contributed by atoms with van der Waals surface area (Å²) in [4.78, 5) is 12.8. The molecule has 1 N–H and O–H groups in total. The van der Waals surface area contributed by atoms with Gasteiger partial charge in [0.2, 0.25) is 5.91 Å². The molecule has 4 aliphatic rings. The number of nitrogens with one attached hydrogen (secondary N) is 1. The van der Waals surface area contributed by atoms with Crippen LogP contribution in [0.3, 0.4) is 0 Å². The zero-order valence-corrected chi connectivity index (χ0v) is 19.1. The molecule has 4 aliphatic carbocycles. The molecule has 0 spiro atoms. The van der Waals surface area contributed by atoms with Gasteiger partial charge < -0.3 is 19.3 Å². The Kier molecular flexibility index (Phi) is 5.48. The summed E-state index contributed by atoms with van der Waals surface area (Å²) in [6.45, 7) is 4.13. The summed E-state index contributed by atoms with van der Waals surface area (Å²) in [5.74, 6) is 4.46. The van der Waals surface area contributed by atoms with Gasteiger partial charge in [-0.15, -0.1) is 0 Å². The quantitative estimate of drug-likeness (QED) is 0.620. The first kappa shape index (κ1) is 21.1. The zero-order valence-electron chi connectivity index (χ0n) is 19.1. The average molecular weight is 437 g/mol. The van der Waals surface area contributed by atoms with Crippen LogP contribution in [0.1, 0.15) is 61.1 Å². The van der Waals surface area contributed by atoms with Gasteiger partial charge in [0, 0.05) is 11.6 Å². The third-order valence-corrected chi connectivity index (χ3v) is 7.59. The first-order valence-electron chi connectivity index (χ1n) is 11.7. The minimum Gasteiger partial charge on any atom is -0.493 e. The topological polar surface area (TPSA) is 73.6 Å². The van der Waals surface area contributed by atoms with Crippen molar-refractivity contribution < 1.29 is 18.8 Å². The Morgan fingerprint density at radius 3 is 2.44 bits per heavy atom. The monoisotopic (exact) mass is 436 g/mol. The molecule has 2 aromatic rings. The Bertz CT molecular complexity index is 984.